The maximum atomic E-state index is 5.83. The fourth-order valence-corrected chi connectivity index (χ4v) is 1.71. The maximum Gasteiger partial charge on any atom is 0.0436 e. The molecule has 0 radical (unpaired) electrons. The van der Waals surface area contributed by atoms with Crippen molar-refractivity contribution in [1.29, 1.82) is 0 Å². The van der Waals surface area contributed by atoms with E-state index in [2.05, 4.69) is 45.0 Å². The van der Waals surface area contributed by atoms with Crippen molar-refractivity contribution in [1.82, 2.24) is 0 Å². The fraction of sp³-hybridized carbons (Fsp3) is 0.385. The van der Waals surface area contributed by atoms with Crippen molar-refractivity contribution < 1.29 is 0 Å². The number of hydrogen-bond acceptors (Lipinski definition) is 0. The van der Waals surface area contributed by atoms with E-state index in [1.54, 1.807) is 0 Å². The van der Waals surface area contributed by atoms with Crippen molar-refractivity contribution in [2.75, 3.05) is 5.88 Å². The Morgan fingerprint density at radius 1 is 1.36 bits per heavy atom. The molecule has 0 heterocycles. The van der Waals surface area contributed by atoms with E-state index in [0.717, 1.165) is 6.42 Å². The van der Waals surface area contributed by atoms with Crippen molar-refractivity contribution in [3.8, 4) is 0 Å². The Hall–Kier alpha value is -0.750. The van der Waals surface area contributed by atoms with Crippen LogP contribution in [0.3, 0.4) is 0 Å². The van der Waals surface area contributed by atoms with Crippen LogP contribution in [-0.4, -0.2) is 5.88 Å². The Balaban J connectivity index is 3.02. The number of halogens is 1. The van der Waals surface area contributed by atoms with Gasteiger partial charge in [0.1, 0.15) is 0 Å². The Labute approximate surface area is 91.6 Å². The quantitative estimate of drug-likeness (QED) is 0.649. The van der Waals surface area contributed by atoms with Crippen LogP contribution in [0.15, 0.2) is 23.8 Å². The molecule has 0 aromatic heterocycles. The predicted molar refractivity (Wildman–Crippen MR) is 64.9 cm³/mol. The highest BCUT2D eigenvalue weighted by Gasteiger charge is 1.97. The molecule has 0 amide bonds. The molecule has 0 bridgehead atoms. The smallest absolute Gasteiger partial charge is 0.0436 e. The monoisotopic (exact) mass is 208 g/mol. The van der Waals surface area contributed by atoms with Gasteiger partial charge in [0.15, 0.2) is 0 Å². The molecule has 0 aliphatic rings. The second-order valence-electron chi connectivity index (χ2n) is 3.65. The molecular formula is C13H17Cl. The molecule has 14 heavy (non-hydrogen) atoms. The lowest BCUT2D eigenvalue weighted by atomic mass is 10.0. The van der Waals surface area contributed by atoms with Gasteiger partial charge in [0.2, 0.25) is 0 Å². The van der Waals surface area contributed by atoms with Crippen molar-refractivity contribution >= 4 is 17.7 Å². The number of alkyl halides is 1. The highest BCUT2D eigenvalue weighted by molar-refractivity contribution is 6.19. The van der Waals surface area contributed by atoms with Crippen LogP contribution in [0.1, 0.15) is 30.0 Å². The zero-order chi connectivity index (χ0) is 10.6. The van der Waals surface area contributed by atoms with Gasteiger partial charge in [-0.05, 0) is 31.4 Å². The normalized spacial score (nSPS) is 11.9. The van der Waals surface area contributed by atoms with Gasteiger partial charge in [0.25, 0.3) is 0 Å². The summed E-state index contributed by atoms with van der Waals surface area (Å²) in [4.78, 5) is 0. The molecule has 0 fully saturated rings. The summed E-state index contributed by atoms with van der Waals surface area (Å²) in [5.41, 5.74) is 5.20. The molecule has 0 unspecified atom stereocenters. The molecule has 0 atom stereocenters. The lowest BCUT2D eigenvalue weighted by Gasteiger charge is -2.04. The minimum atomic E-state index is 0.629. The van der Waals surface area contributed by atoms with Crippen molar-refractivity contribution in [3.05, 3.63) is 40.5 Å². The van der Waals surface area contributed by atoms with Crippen LogP contribution in [0.25, 0.3) is 6.08 Å². The van der Waals surface area contributed by atoms with E-state index in [1.807, 2.05) is 0 Å². The largest absolute Gasteiger partial charge is 0.122 e. The van der Waals surface area contributed by atoms with Crippen LogP contribution in [-0.2, 0) is 0 Å². The average Bonchev–Trinajstić information content (AvgIpc) is 2.17. The SMILES string of the molecule is CCC(=Cc1ccc(C)cc1C)CCl. The van der Waals surface area contributed by atoms with Gasteiger partial charge >= 0.3 is 0 Å². The van der Waals surface area contributed by atoms with Gasteiger partial charge in [0, 0.05) is 5.88 Å². The van der Waals surface area contributed by atoms with Crippen LogP contribution in [0, 0.1) is 13.8 Å². The Morgan fingerprint density at radius 3 is 2.57 bits per heavy atom. The first-order valence-corrected chi connectivity index (χ1v) is 5.53. The minimum Gasteiger partial charge on any atom is -0.122 e. The number of aryl methyl sites for hydroxylation is 2. The second kappa shape index (κ2) is 5.21. The van der Waals surface area contributed by atoms with Gasteiger partial charge in [-0.3, -0.25) is 0 Å². The molecule has 1 aromatic rings. The van der Waals surface area contributed by atoms with Gasteiger partial charge < -0.3 is 0 Å². The summed E-state index contributed by atoms with van der Waals surface area (Å²) in [6.07, 6.45) is 3.22. The molecule has 0 spiro atoms. The Morgan fingerprint density at radius 2 is 2.07 bits per heavy atom. The van der Waals surface area contributed by atoms with Gasteiger partial charge in [-0.1, -0.05) is 42.3 Å². The standard InChI is InChI=1S/C13H17Cl/c1-4-12(9-14)8-13-6-5-10(2)7-11(13)3/h5-8H,4,9H2,1-3H3. The molecule has 1 heteroatoms. The second-order valence-corrected chi connectivity index (χ2v) is 3.92. The van der Waals surface area contributed by atoms with E-state index in [-0.39, 0.29) is 0 Å². The summed E-state index contributed by atoms with van der Waals surface area (Å²) in [5.74, 6) is 0.629. The molecule has 76 valence electrons. The van der Waals surface area contributed by atoms with Crippen LogP contribution in [0.5, 0.6) is 0 Å². The Kier molecular flexibility index (Phi) is 4.21. The summed E-state index contributed by atoms with van der Waals surface area (Å²) in [6.45, 7) is 6.39. The van der Waals surface area contributed by atoms with Gasteiger partial charge in [0.05, 0.1) is 0 Å². The number of benzene rings is 1. The van der Waals surface area contributed by atoms with Crippen LogP contribution in [0.4, 0.5) is 0 Å². The third-order valence-corrected chi connectivity index (χ3v) is 2.75. The van der Waals surface area contributed by atoms with Gasteiger partial charge in [-0.2, -0.15) is 0 Å². The highest BCUT2D eigenvalue weighted by atomic mass is 35.5. The van der Waals surface area contributed by atoms with Crippen LogP contribution < -0.4 is 0 Å². The van der Waals surface area contributed by atoms with Crippen molar-refractivity contribution in [2.24, 2.45) is 0 Å². The third-order valence-electron chi connectivity index (χ3n) is 2.41. The van der Waals surface area contributed by atoms with Gasteiger partial charge in [-0.15, -0.1) is 11.6 Å². The molecule has 0 N–H and O–H groups in total. The molecule has 0 aliphatic carbocycles. The van der Waals surface area contributed by atoms with E-state index < -0.39 is 0 Å². The molecule has 0 nitrogen and oxygen atoms in total. The zero-order valence-corrected chi connectivity index (χ0v) is 9.86. The lowest BCUT2D eigenvalue weighted by molar-refractivity contribution is 1.12. The third kappa shape index (κ3) is 2.88. The van der Waals surface area contributed by atoms with E-state index in [4.69, 9.17) is 11.6 Å². The molecule has 1 rings (SSSR count). The predicted octanol–water partition coefficient (Wildman–Crippen LogP) is 4.34. The van der Waals surface area contributed by atoms with Crippen molar-refractivity contribution in [2.45, 2.75) is 27.2 Å². The number of allylic oxidation sites excluding steroid dienone is 1. The summed E-state index contributed by atoms with van der Waals surface area (Å²) in [6, 6.07) is 6.50. The summed E-state index contributed by atoms with van der Waals surface area (Å²) in [5, 5.41) is 0. The molecule has 0 aliphatic heterocycles. The first-order chi connectivity index (χ1) is 6.67. The fourth-order valence-electron chi connectivity index (χ4n) is 1.44. The molecule has 0 saturated heterocycles. The van der Waals surface area contributed by atoms with Crippen LogP contribution in [0.2, 0.25) is 0 Å². The van der Waals surface area contributed by atoms with E-state index in [9.17, 15) is 0 Å². The van der Waals surface area contributed by atoms with Crippen molar-refractivity contribution in [3.63, 3.8) is 0 Å². The summed E-state index contributed by atoms with van der Waals surface area (Å²) < 4.78 is 0. The molecular weight excluding hydrogens is 192 g/mol. The minimum absolute atomic E-state index is 0.629. The highest BCUT2D eigenvalue weighted by Crippen LogP contribution is 2.16. The van der Waals surface area contributed by atoms with Gasteiger partial charge in [-0.25, -0.2) is 0 Å². The van der Waals surface area contributed by atoms with E-state index in [1.165, 1.54) is 22.3 Å². The van der Waals surface area contributed by atoms with E-state index >= 15 is 0 Å². The molecule has 0 saturated carbocycles. The van der Waals surface area contributed by atoms with Crippen LogP contribution >= 0.6 is 11.6 Å². The number of rotatable bonds is 3. The first kappa shape index (κ1) is 11.3. The number of hydrogen-bond donors (Lipinski definition) is 0. The first-order valence-electron chi connectivity index (χ1n) is 5.00. The topological polar surface area (TPSA) is 0 Å². The van der Waals surface area contributed by atoms with E-state index in [0.29, 0.717) is 5.88 Å². The lowest BCUT2D eigenvalue weighted by Crippen LogP contribution is -1.86. The maximum absolute atomic E-state index is 5.83. The zero-order valence-electron chi connectivity index (χ0n) is 9.10. The summed E-state index contributed by atoms with van der Waals surface area (Å²) >= 11 is 5.83. The average molecular weight is 209 g/mol. The molecule has 1 aromatic carbocycles. The summed E-state index contributed by atoms with van der Waals surface area (Å²) in [7, 11) is 0. The Bertz CT molecular complexity index is 331.